The zero-order valence-electron chi connectivity index (χ0n) is 15.7. The molecule has 0 aromatic carbocycles. The van der Waals surface area contributed by atoms with E-state index in [-0.39, 0.29) is 16.9 Å². The summed E-state index contributed by atoms with van der Waals surface area (Å²) in [4.78, 5) is 0. The molecule has 0 aliphatic heterocycles. The molecule has 0 rings (SSSR count). The van der Waals surface area contributed by atoms with Crippen LogP contribution in [0.4, 0.5) is 0 Å². The van der Waals surface area contributed by atoms with Crippen LogP contribution in [-0.2, 0) is 0 Å². The van der Waals surface area contributed by atoms with Gasteiger partial charge in [0.15, 0.2) is 18.7 Å². The lowest BCUT2D eigenvalue weighted by molar-refractivity contribution is -1.04. The predicted molar refractivity (Wildman–Crippen MR) is 92.0 cm³/mol. The van der Waals surface area contributed by atoms with Gasteiger partial charge in [-0.15, -0.1) is 0 Å². The Morgan fingerprint density at radius 3 is 1.22 bits per heavy atom. The molecule has 0 aromatic heterocycles. The molecule has 0 aliphatic carbocycles. The second-order valence-electron chi connectivity index (χ2n) is 6.80. The van der Waals surface area contributed by atoms with E-state index in [1.165, 1.54) is 51.4 Å². The molecule has 0 radical (unpaired) electrons. The number of rotatable bonds is 14. The van der Waals surface area contributed by atoms with Crippen molar-refractivity contribution in [2.45, 2.75) is 111 Å². The summed E-state index contributed by atoms with van der Waals surface area (Å²) in [6, 6.07) is 0. The molecule has 3 unspecified atom stereocenters. The summed E-state index contributed by atoms with van der Waals surface area (Å²) in [5, 5.41) is 30.0. The molecule has 0 amide bonds. The van der Waals surface area contributed by atoms with E-state index in [9.17, 15) is 15.3 Å². The number of nitrogens with zero attached hydrogens (tertiary/aromatic N) is 1. The molecule has 0 aliphatic rings. The fourth-order valence-electron chi connectivity index (χ4n) is 3.37. The smallest absolute Gasteiger partial charge is 0.191 e. The van der Waals surface area contributed by atoms with Crippen LogP contribution in [0.1, 0.15) is 91.9 Å². The topological polar surface area (TPSA) is 60.7 Å². The van der Waals surface area contributed by atoms with Crippen molar-refractivity contribution in [3.05, 3.63) is 0 Å². The van der Waals surface area contributed by atoms with Gasteiger partial charge in [-0.05, 0) is 12.8 Å². The molecule has 3 atom stereocenters. The third-order valence-electron chi connectivity index (χ3n) is 4.99. The highest BCUT2D eigenvalue weighted by Crippen LogP contribution is 2.23. The van der Waals surface area contributed by atoms with E-state index in [2.05, 4.69) is 6.92 Å². The maximum atomic E-state index is 10.00. The van der Waals surface area contributed by atoms with Crippen LogP contribution in [0.2, 0.25) is 0 Å². The van der Waals surface area contributed by atoms with Gasteiger partial charge in [0.25, 0.3) is 0 Å². The summed E-state index contributed by atoms with van der Waals surface area (Å²) in [5.74, 6) is 0. The number of quaternary nitrogens is 1. The van der Waals surface area contributed by atoms with Crippen LogP contribution in [-0.4, -0.2) is 45.0 Å². The maximum absolute atomic E-state index is 10.00. The lowest BCUT2D eigenvalue weighted by atomic mass is 10.1. The molecule has 3 N–H and O–H groups in total. The van der Waals surface area contributed by atoms with E-state index in [4.69, 9.17) is 0 Å². The Labute approximate surface area is 149 Å². The normalized spacial score (nSPS) is 17.9. The lowest BCUT2D eigenvalue weighted by Crippen LogP contribution is -3.00. The van der Waals surface area contributed by atoms with E-state index < -0.39 is 18.7 Å². The Morgan fingerprint density at radius 2 is 0.913 bits per heavy atom. The highest BCUT2D eigenvalue weighted by molar-refractivity contribution is 4.51. The van der Waals surface area contributed by atoms with Gasteiger partial charge in [0.05, 0.1) is 6.54 Å². The summed E-state index contributed by atoms with van der Waals surface area (Å²) in [6.45, 7) is 7.80. The summed E-state index contributed by atoms with van der Waals surface area (Å²) in [6.07, 6.45) is 10.2. The number of aliphatic hydroxyl groups excluding tert-OH is 3. The fraction of sp³-hybridized carbons (Fsp3) is 1.00. The minimum Gasteiger partial charge on any atom is -1.00 e. The molecule has 0 fully saturated rings. The van der Waals surface area contributed by atoms with Gasteiger partial charge >= 0.3 is 0 Å². The first kappa shape index (κ1) is 25.4. The number of aliphatic hydroxyl groups is 3. The van der Waals surface area contributed by atoms with Crippen molar-refractivity contribution in [1.29, 1.82) is 0 Å². The van der Waals surface area contributed by atoms with Crippen LogP contribution >= 0.6 is 0 Å². The minimum absolute atomic E-state index is 0. The molecule has 5 heteroatoms. The number of hydrogen-bond acceptors (Lipinski definition) is 3. The van der Waals surface area contributed by atoms with E-state index in [0.717, 1.165) is 12.8 Å². The summed E-state index contributed by atoms with van der Waals surface area (Å²) >= 11 is 0. The van der Waals surface area contributed by atoms with Gasteiger partial charge in [-0.2, -0.15) is 0 Å². The number of hydrogen-bond donors (Lipinski definition) is 3. The second kappa shape index (κ2) is 14.5. The SMILES string of the molecule is CCCCCCCCCCCC[N+](C(C)O)(C(C)O)C(C)O.[Cl-]. The molecule has 0 aromatic rings. The Kier molecular flexibility index (Phi) is 16.0. The van der Waals surface area contributed by atoms with Gasteiger partial charge in [0.1, 0.15) is 0 Å². The third-order valence-corrected chi connectivity index (χ3v) is 4.99. The van der Waals surface area contributed by atoms with E-state index in [1.54, 1.807) is 20.8 Å². The third kappa shape index (κ3) is 9.25. The van der Waals surface area contributed by atoms with E-state index in [1.807, 2.05) is 0 Å². The fourth-order valence-corrected chi connectivity index (χ4v) is 3.37. The monoisotopic (exact) mass is 353 g/mol. The molecular formula is C18H40ClNO3. The van der Waals surface area contributed by atoms with E-state index >= 15 is 0 Å². The van der Waals surface area contributed by atoms with Crippen LogP contribution in [0.15, 0.2) is 0 Å². The average molecular weight is 354 g/mol. The summed E-state index contributed by atoms with van der Waals surface area (Å²) < 4.78 is -0.0446. The molecule has 0 heterocycles. The molecule has 0 saturated heterocycles. The zero-order chi connectivity index (χ0) is 17.0. The number of halogens is 1. The second-order valence-corrected chi connectivity index (χ2v) is 6.80. The van der Waals surface area contributed by atoms with E-state index in [0.29, 0.717) is 6.54 Å². The molecule has 142 valence electrons. The van der Waals surface area contributed by atoms with Crippen LogP contribution in [0.25, 0.3) is 0 Å². The maximum Gasteiger partial charge on any atom is 0.191 e. The van der Waals surface area contributed by atoms with Gasteiger partial charge in [-0.3, -0.25) is 0 Å². The molecular weight excluding hydrogens is 314 g/mol. The molecule has 23 heavy (non-hydrogen) atoms. The van der Waals surface area contributed by atoms with Crippen LogP contribution in [0.5, 0.6) is 0 Å². The first-order valence-corrected chi connectivity index (χ1v) is 9.30. The van der Waals surface area contributed by atoms with Crippen molar-refractivity contribution < 1.29 is 32.2 Å². The summed E-state index contributed by atoms with van der Waals surface area (Å²) in [5.41, 5.74) is 0. The average Bonchev–Trinajstić information content (AvgIpc) is 2.43. The Morgan fingerprint density at radius 1 is 0.609 bits per heavy atom. The van der Waals surface area contributed by atoms with Crippen molar-refractivity contribution in [2.24, 2.45) is 0 Å². The first-order chi connectivity index (χ1) is 10.4. The molecule has 0 bridgehead atoms. The zero-order valence-corrected chi connectivity index (χ0v) is 16.4. The van der Waals surface area contributed by atoms with Gasteiger partial charge < -0.3 is 27.7 Å². The predicted octanol–water partition coefficient (Wildman–Crippen LogP) is 0.743. The van der Waals surface area contributed by atoms with Crippen LogP contribution in [0.3, 0.4) is 0 Å². The minimum atomic E-state index is -0.765. The van der Waals surface area contributed by atoms with Gasteiger partial charge in [-0.25, -0.2) is 4.48 Å². The number of unbranched alkanes of at least 4 members (excludes halogenated alkanes) is 9. The summed E-state index contributed by atoms with van der Waals surface area (Å²) in [7, 11) is 0. The largest absolute Gasteiger partial charge is 1.00 e. The quantitative estimate of drug-likeness (QED) is 0.245. The van der Waals surface area contributed by atoms with Crippen molar-refractivity contribution in [3.8, 4) is 0 Å². The Bertz CT molecular complexity index is 239. The lowest BCUT2D eigenvalue weighted by Gasteiger charge is -2.45. The molecule has 4 nitrogen and oxygen atoms in total. The Hall–Kier alpha value is 0.130. The van der Waals surface area contributed by atoms with Crippen molar-refractivity contribution >= 4 is 0 Å². The highest BCUT2D eigenvalue weighted by Gasteiger charge is 2.41. The van der Waals surface area contributed by atoms with Crippen LogP contribution in [0, 0.1) is 0 Å². The van der Waals surface area contributed by atoms with Crippen molar-refractivity contribution in [1.82, 2.24) is 0 Å². The van der Waals surface area contributed by atoms with Crippen molar-refractivity contribution in [3.63, 3.8) is 0 Å². The highest BCUT2D eigenvalue weighted by atomic mass is 35.5. The van der Waals surface area contributed by atoms with Crippen LogP contribution < -0.4 is 12.4 Å². The standard InChI is InChI=1S/C18H40NO3.ClH/c1-5-6-7-8-9-10-11-12-13-14-15-19(16(2)20,17(3)21)18(4)22;/h16-18,20-22H,5-15H2,1-4H3;1H/q+1;/p-1. The first-order valence-electron chi connectivity index (χ1n) is 9.30. The van der Waals surface area contributed by atoms with Gasteiger partial charge in [0, 0.05) is 20.8 Å². The molecule has 0 spiro atoms. The van der Waals surface area contributed by atoms with Gasteiger partial charge in [0.2, 0.25) is 0 Å². The van der Waals surface area contributed by atoms with Crippen molar-refractivity contribution in [2.75, 3.05) is 6.54 Å². The molecule has 0 saturated carbocycles. The Balaban J connectivity index is 0. The van der Waals surface area contributed by atoms with Gasteiger partial charge in [-0.1, -0.05) is 58.3 Å².